The molecule has 0 saturated heterocycles. The van der Waals surface area contributed by atoms with Gasteiger partial charge in [0.05, 0.1) is 13.7 Å². The molecule has 0 aliphatic heterocycles. The van der Waals surface area contributed by atoms with Crippen molar-refractivity contribution < 1.29 is 9.15 Å². The van der Waals surface area contributed by atoms with Crippen molar-refractivity contribution in [1.82, 2.24) is 0 Å². The van der Waals surface area contributed by atoms with E-state index in [2.05, 4.69) is 28.2 Å². The number of methoxy groups -OCH3 is 1. The summed E-state index contributed by atoms with van der Waals surface area (Å²) < 4.78 is 11.8. The summed E-state index contributed by atoms with van der Waals surface area (Å²) in [5, 5.41) is 3.31. The third kappa shape index (κ3) is 3.29. The second-order valence-electron chi connectivity index (χ2n) is 3.95. The van der Waals surface area contributed by atoms with Crippen LogP contribution in [0, 0.1) is 0 Å². The highest BCUT2D eigenvalue weighted by molar-refractivity contribution is 9.10. The molecule has 0 unspecified atom stereocenters. The van der Waals surface area contributed by atoms with E-state index in [4.69, 9.17) is 9.15 Å². The van der Waals surface area contributed by atoms with Gasteiger partial charge in [-0.15, -0.1) is 0 Å². The molecular formula is C14H16BrNO2. The van der Waals surface area contributed by atoms with Crippen LogP contribution >= 0.6 is 15.9 Å². The fraction of sp³-hybridized carbons (Fsp3) is 0.286. The SMILES string of the molecule is CCc1ccc(CNc2cc(Br)cc(OC)c2)o1. The van der Waals surface area contributed by atoms with Crippen molar-refractivity contribution in [2.75, 3.05) is 12.4 Å². The zero-order valence-electron chi connectivity index (χ0n) is 10.5. The number of aryl methyl sites for hydroxylation is 1. The van der Waals surface area contributed by atoms with E-state index in [9.17, 15) is 0 Å². The first-order valence-corrected chi connectivity index (χ1v) is 6.66. The van der Waals surface area contributed by atoms with Gasteiger partial charge in [-0.1, -0.05) is 22.9 Å². The van der Waals surface area contributed by atoms with E-state index < -0.39 is 0 Å². The Bertz CT molecular complexity index is 522. The van der Waals surface area contributed by atoms with Crippen LogP contribution in [-0.4, -0.2) is 7.11 Å². The maximum atomic E-state index is 5.64. The molecule has 1 aromatic heterocycles. The molecule has 0 saturated carbocycles. The number of furan rings is 1. The smallest absolute Gasteiger partial charge is 0.123 e. The van der Waals surface area contributed by atoms with Crippen LogP contribution in [0.4, 0.5) is 5.69 Å². The first kappa shape index (κ1) is 13.0. The summed E-state index contributed by atoms with van der Waals surface area (Å²) in [6.07, 6.45) is 0.921. The fourth-order valence-corrected chi connectivity index (χ4v) is 2.15. The standard InChI is InChI=1S/C14H16BrNO2/c1-3-12-4-5-13(18-12)9-16-11-6-10(15)7-14(8-11)17-2/h4-8,16H,3,9H2,1-2H3. The van der Waals surface area contributed by atoms with Gasteiger partial charge >= 0.3 is 0 Å². The lowest BCUT2D eigenvalue weighted by molar-refractivity contribution is 0.414. The quantitative estimate of drug-likeness (QED) is 0.897. The summed E-state index contributed by atoms with van der Waals surface area (Å²) in [7, 11) is 1.66. The van der Waals surface area contributed by atoms with Crippen molar-refractivity contribution in [1.29, 1.82) is 0 Å². The van der Waals surface area contributed by atoms with Crippen molar-refractivity contribution >= 4 is 21.6 Å². The number of hydrogen-bond donors (Lipinski definition) is 1. The molecule has 3 nitrogen and oxygen atoms in total. The number of hydrogen-bond acceptors (Lipinski definition) is 3. The predicted octanol–water partition coefficient (Wildman–Crippen LogP) is 4.23. The largest absolute Gasteiger partial charge is 0.497 e. The Labute approximate surface area is 115 Å². The lowest BCUT2D eigenvalue weighted by Crippen LogP contribution is -1.98. The van der Waals surface area contributed by atoms with E-state index in [-0.39, 0.29) is 0 Å². The van der Waals surface area contributed by atoms with E-state index in [0.717, 1.165) is 33.9 Å². The lowest BCUT2D eigenvalue weighted by Gasteiger charge is -2.07. The van der Waals surface area contributed by atoms with E-state index >= 15 is 0 Å². The normalized spacial score (nSPS) is 10.4. The number of benzene rings is 1. The molecule has 4 heteroatoms. The summed E-state index contributed by atoms with van der Waals surface area (Å²) in [6, 6.07) is 9.90. The Hall–Kier alpha value is -1.42. The average molecular weight is 310 g/mol. The van der Waals surface area contributed by atoms with Gasteiger partial charge in [0.15, 0.2) is 0 Å². The van der Waals surface area contributed by atoms with Crippen molar-refractivity contribution in [3.8, 4) is 5.75 Å². The fourth-order valence-electron chi connectivity index (χ4n) is 1.68. The van der Waals surface area contributed by atoms with Gasteiger partial charge < -0.3 is 14.5 Å². The van der Waals surface area contributed by atoms with E-state index in [1.165, 1.54) is 0 Å². The zero-order valence-corrected chi connectivity index (χ0v) is 12.1. The van der Waals surface area contributed by atoms with Gasteiger partial charge in [-0.3, -0.25) is 0 Å². The molecule has 96 valence electrons. The molecule has 0 aliphatic carbocycles. The minimum absolute atomic E-state index is 0.666. The van der Waals surface area contributed by atoms with Crippen molar-refractivity contribution in [3.63, 3.8) is 0 Å². The summed E-state index contributed by atoms with van der Waals surface area (Å²) in [6.45, 7) is 2.74. The van der Waals surface area contributed by atoms with Crippen LogP contribution in [-0.2, 0) is 13.0 Å². The van der Waals surface area contributed by atoms with Gasteiger partial charge in [0.25, 0.3) is 0 Å². The molecule has 2 rings (SSSR count). The van der Waals surface area contributed by atoms with Crippen LogP contribution in [0.1, 0.15) is 18.4 Å². The predicted molar refractivity (Wildman–Crippen MR) is 76.1 cm³/mol. The maximum Gasteiger partial charge on any atom is 0.123 e. The van der Waals surface area contributed by atoms with Gasteiger partial charge in [-0.05, 0) is 24.3 Å². The summed E-state index contributed by atoms with van der Waals surface area (Å²) in [4.78, 5) is 0. The summed E-state index contributed by atoms with van der Waals surface area (Å²) >= 11 is 3.45. The monoisotopic (exact) mass is 309 g/mol. The highest BCUT2D eigenvalue weighted by Crippen LogP contribution is 2.25. The number of halogens is 1. The third-order valence-electron chi connectivity index (χ3n) is 2.64. The second-order valence-corrected chi connectivity index (χ2v) is 4.87. The maximum absolute atomic E-state index is 5.64. The number of rotatable bonds is 5. The van der Waals surface area contributed by atoms with Gasteiger partial charge in [0, 0.05) is 22.6 Å². The van der Waals surface area contributed by atoms with Crippen LogP contribution in [0.2, 0.25) is 0 Å². The van der Waals surface area contributed by atoms with Crippen LogP contribution in [0.5, 0.6) is 5.75 Å². The topological polar surface area (TPSA) is 34.4 Å². The van der Waals surface area contributed by atoms with Gasteiger partial charge in [-0.25, -0.2) is 0 Å². The number of nitrogens with one attached hydrogen (secondary N) is 1. The Morgan fingerprint density at radius 2 is 2.00 bits per heavy atom. The molecule has 1 aromatic carbocycles. The van der Waals surface area contributed by atoms with Gasteiger partial charge in [0.2, 0.25) is 0 Å². The molecule has 0 fully saturated rings. The molecule has 1 N–H and O–H groups in total. The molecule has 0 atom stereocenters. The van der Waals surface area contributed by atoms with Crippen molar-refractivity contribution in [2.24, 2.45) is 0 Å². The van der Waals surface area contributed by atoms with Crippen LogP contribution in [0.3, 0.4) is 0 Å². The van der Waals surface area contributed by atoms with E-state index in [1.54, 1.807) is 7.11 Å². The molecule has 18 heavy (non-hydrogen) atoms. The molecule has 0 spiro atoms. The number of ether oxygens (including phenoxy) is 1. The lowest BCUT2D eigenvalue weighted by atomic mass is 10.3. The summed E-state index contributed by atoms with van der Waals surface area (Å²) in [5.41, 5.74) is 0.996. The second kappa shape index (κ2) is 5.96. The van der Waals surface area contributed by atoms with Crippen LogP contribution in [0.25, 0.3) is 0 Å². The zero-order chi connectivity index (χ0) is 13.0. The minimum Gasteiger partial charge on any atom is -0.497 e. The Kier molecular flexibility index (Phi) is 4.31. The van der Waals surface area contributed by atoms with Gasteiger partial charge in [0.1, 0.15) is 17.3 Å². The molecule has 0 radical (unpaired) electrons. The molecule has 0 aliphatic rings. The number of anilines is 1. The van der Waals surface area contributed by atoms with Gasteiger partial charge in [-0.2, -0.15) is 0 Å². The molecular weight excluding hydrogens is 294 g/mol. The first-order valence-electron chi connectivity index (χ1n) is 5.87. The first-order chi connectivity index (χ1) is 8.71. The Morgan fingerprint density at radius 1 is 1.22 bits per heavy atom. The highest BCUT2D eigenvalue weighted by Gasteiger charge is 2.02. The minimum atomic E-state index is 0.666. The Balaban J connectivity index is 2.03. The molecule has 2 aromatic rings. The molecule has 0 amide bonds. The van der Waals surface area contributed by atoms with Crippen molar-refractivity contribution in [3.05, 3.63) is 46.3 Å². The van der Waals surface area contributed by atoms with Crippen LogP contribution in [0.15, 0.2) is 39.2 Å². The van der Waals surface area contributed by atoms with Crippen LogP contribution < -0.4 is 10.1 Å². The van der Waals surface area contributed by atoms with E-state index in [0.29, 0.717) is 6.54 Å². The third-order valence-corrected chi connectivity index (χ3v) is 3.10. The average Bonchev–Trinajstić information content (AvgIpc) is 2.83. The molecule has 0 bridgehead atoms. The Morgan fingerprint density at radius 3 is 2.67 bits per heavy atom. The highest BCUT2D eigenvalue weighted by atomic mass is 79.9. The molecule has 1 heterocycles. The van der Waals surface area contributed by atoms with E-state index in [1.807, 2.05) is 30.3 Å². The van der Waals surface area contributed by atoms with Crippen molar-refractivity contribution in [2.45, 2.75) is 19.9 Å². The summed E-state index contributed by atoms with van der Waals surface area (Å²) in [5.74, 6) is 2.77.